The lowest BCUT2D eigenvalue weighted by atomic mass is 9.89. The van der Waals surface area contributed by atoms with Crippen LogP contribution in [0, 0.1) is 5.92 Å². The van der Waals surface area contributed by atoms with Gasteiger partial charge in [0.1, 0.15) is 17.8 Å². The Balaban J connectivity index is 2.09. The lowest BCUT2D eigenvalue weighted by Crippen LogP contribution is -2.33. The monoisotopic (exact) mass is 251 g/mol. The quantitative estimate of drug-likeness (QED) is 0.779. The summed E-state index contributed by atoms with van der Waals surface area (Å²) in [5.41, 5.74) is 0. The molecule has 1 N–H and O–H groups in total. The molecule has 0 radical (unpaired) electrons. The summed E-state index contributed by atoms with van der Waals surface area (Å²) >= 11 is 0. The van der Waals surface area contributed by atoms with Crippen molar-refractivity contribution in [2.45, 2.75) is 31.7 Å². The van der Waals surface area contributed by atoms with Gasteiger partial charge in [-0.1, -0.05) is 0 Å². The van der Waals surface area contributed by atoms with Crippen molar-refractivity contribution in [3.63, 3.8) is 0 Å². The molecule has 0 aromatic rings. The average Bonchev–Trinajstić information content (AvgIpc) is 2.67. The molecular formula is C11H13F4NO. The van der Waals surface area contributed by atoms with Crippen molar-refractivity contribution in [3.8, 4) is 0 Å². The van der Waals surface area contributed by atoms with E-state index in [-0.39, 0.29) is 31.2 Å². The fourth-order valence-corrected chi connectivity index (χ4v) is 2.27. The topological polar surface area (TPSA) is 21.3 Å². The van der Waals surface area contributed by atoms with Gasteiger partial charge in [0.25, 0.3) is 0 Å². The van der Waals surface area contributed by atoms with Crippen molar-refractivity contribution >= 4 is 0 Å². The Bertz CT molecular complexity index is 342. The molecule has 0 bridgehead atoms. The molecule has 1 fully saturated rings. The molecule has 1 heterocycles. The highest BCUT2D eigenvalue weighted by molar-refractivity contribution is 5.22. The van der Waals surface area contributed by atoms with Gasteiger partial charge in [-0.05, 0) is 18.6 Å². The van der Waals surface area contributed by atoms with Crippen LogP contribution in [0.1, 0.15) is 12.8 Å². The first-order chi connectivity index (χ1) is 8.06. The molecule has 96 valence electrons. The standard InChI is InChI=1S/C11H13F4NO/c12-6-1-2-10(17-11(14)15)8(3-6)9-4-7(13)5-16-9/h1-2,7-9,11,16H,3-5H2/t7-,8?,9+/m0/s1. The van der Waals surface area contributed by atoms with E-state index >= 15 is 0 Å². The van der Waals surface area contributed by atoms with E-state index in [1.807, 2.05) is 0 Å². The summed E-state index contributed by atoms with van der Waals surface area (Å²) in [5.74, 6) is -0.941. The van der Waals surface area contributed by atoms with Gasteiger partial charge in [0.2, 0.25) is 0 Å². The lowest BCUT2D eigenvalue weighted by molar-refractivity contribution is -0.106. The number of allylic oxidation sites excluding steroid dienone is 3. The molecule has 0 amide bonds. The van der Waals surface area contributed by atoms with Gasteiger partial charge in [-0.2, -0.15) is 8.78 Å². The van der Waals surface area contributed by atoms with Crippen molar-refractivity contribution in [2.24, 2.45) is 5.92 Å². The van der Waals surface area contributed by atoms with Crippen LogP contribution in [0.2, 0.25) is 0 Å². The largest absolute Gasteiger partial charge is 0.439 e. The second-order valence-electron chi connectivity index (χ2n) is 4.22. The Morgan fingerprint density at radius 3 is 2.71 bits per heavy atom. The van der Waals surface area contributed by atoms with E-state index in [1.165, 1.54) is 6.08 Å². The van der Waals surface area contributed by atoms with Crippen LogP contribution in [-0.2, 0) is 4.74 Å². The first-order valence-corrected chi connectivity index (χ1v) is 5.44. The van der Waals surface area contributed by atoms with E-state index in [4.69, 9.17) is 0 Å². The first-order valence-electron chi connectivity index (χ1n) is 5.44. The minimum absolute atomic E-state index is 0.0213. The van der Waals surface area contributed by atoms with E-state index in [2.05, 4.69) is 10.1 Å². The predicted molar refractivity (Wildman–Crippen MR) is 53.8 cm³/mol. The molecule has 0 aromatic heterocycles. The maximum atomic E-state index is 13.1. The molecule has 6 heteroatoms. The molecule has 2 nitrogen and oxygen atoms in total. The fourth-order valence-electron chi connectivity index (χ4n) is 2.27. The second-order valence-corrected chi connectivity index (χ2v) is 4.22. The van der Waals surface area contributed by atoms with Crippen LogP contribution >= 0.6 is 0 Å². The summed E-state index contributed by atoms with van der Waals surface area (Å²) in [5, 5.41) is 2.87. The van der Waals surface area contributed by atoms with Crippen molar-refractivity contribution in [3.05, 3.63) is 23.7 Å². The Morgan fingerprint density at radius 1 is 1.35 bits per heavy atom. The SMILES string of the molecule is FC1=CC=C(OC(F)F)C([C@H]2C[C@H](F)CN2)C1. The molecule has 2 rings (SSSR count). The Morgan fingerprint density at radius 2 is 2.12 bits per heavy atom. The zero-order chi connectivity index (χ0) is 12.4. The van der Waals surface area contributed by atoms with Gasteiger partial charge >= 0.3 is 6.61 Å². The molecule has 0 spiro atoms. The van der Waals surface area contributed by atoms with Gasteiger partial charge in [0.15, 0.2) is 0 Å². The van der Waals surface area contributed by atoms with Crippen molar-refractivity contribution in [2.75, 3.05) is 6.54 Å². The second kappa shape index (κ2) is 5.08. The average molecular weight is 251 g/mol. The summed E-state index contributed by atoms with van der Waals surface area (Å²) in [7, 11) is 0. The van der Waals surface area contributed by atoms with E-state index in [0.717, 1.165) is 6.08 Å². The van der Waals surface area contributed by atoms with Crippen molar-refractivity contribution in [1.29, 1.82) is 0 Å². The Kier molecular flexibility index (Phi) is 3.71. The minimum Gasteiger partial charge on any atom is -0.439 e. The number of alkyl halides is 3. The number of ether oxygens (including phenoxy) is 1. The van der Waals surface area contributed by atoms with Crippen molar-refractivity contribution < 1.29 is 22.3 Å². The Labute approximate surface area is 96.3 Å². The van der Waals surface area contributed by atoms with E-state index in [0.29, 0.717) is 0 Å². The van der Waals surface area contributed by atoms with Gasteiger partial charge in [0, 0.05) is 24.9 Å². The van der Waals surface area contributed by atoms with Crippen LogP contribution in [0.5, 0.6) is 0 Å². The molecule has 0 saturated carbocycles. The van der Waals surface area contributed by atoms with Crippen LogP contribution < -0.4 is 5.32 Å². The maximum absolute atomic E-state index is 13.1. The maximum Gasteiger partial charge on any atom is 0.387 e. The highest BCUT2D eigenvalue weighted by atomic mass is 19.3. The third-order valence-electron chi connectivity index (χ3n) is 3.03. The lowest BCUT2D eigenvalue weighted by Gasteiger charge is -2.27. The molecule has 0 aromatic carbocycles. The summed E-state index contributed by atoms with van der Waals surface area (Å²) in [4.78, 5) is 0. The van der Waals surface area contributed by atoms with E-state index in [1.54, 1.807) is 0 Å². The molecule has 1 unspecified atom stereocenters. The predicted octanol–water partition coefficient (Wildman–Crippen LogP) is 2.68. The smallest absolute Gasteiger partial charge is 0.387 e. The van der Waals surface area contributed by atoms with Gasteiger partial charge in [-0.25, -0.2) is 8.78 Å². The van der Waals surface area contributed by atoms with Crippen LogP contribution in [0.4, 0.5) is 17.6 Å². The number of halogens is 4. The molecule has 1 saturated heterocycles. The normalized spacial score (nSPS) is 33.6. The summed E-state index contributed by atoms with van der Waals surface area (Å²) < 4.78 is 54.9. The van der Waals surface area contributed by atoms with Gasteiger partial charge < -0.3 is 10.1 Å². The third kappa shape index (κ3) is 3.00. The van der Waals surface area contributed by atoms with Crippen LogP contribution in [0.25, 0.3) is 0 Å². The minimum atomic E-state index is -2.94. The summed E-state index contributed by atoms with van der Waals surface area (Å²) in [6, 6.07) is -0.352. The van der Waals surface area contributed by atoms with E-state index in [9.17, 15) is 17.6 Å². The zero-order valence-electron chi connectivity index (χ0n) is 9.01. The number of nitrogens with one attached hydrogen (secondary N) is 1. The zero-order valence-corrected chi connectivity index (χ0v) is 9.01. The molecule has 1 aliphatic heterocycles. The third-order valence-corrected chi connectivity index (χ3v) is 3.03. The van der Waals surface area contributed by atoms with E-state index < -0.39 is 24.5 Å². The summed E-state index contributed by atoms with van der Waals surface area (Å²) in [6.45, 7) is -2.77. The van der Waals surface area contributed by atoms with Gasteiger partial charge in [-0.3, -0.25) is 0 Å². The van der Waals surface area contributed by atoms with Crippen LogP contribution in [0.3, 0.4) is 0 Å². The molecular weight excluding hydrogens is 238 g/mol. The number of rotatable bonds is 3. The number of hydrogen-bond donors (Lipinski definition) is 1. The van der Waals surface area contributed by atoms with Gasteiger partial charge in [0.05, 0.1) is 0 Å². The first kappa shape index (κ1) is 12.4. The fraction of sp³-hybridized carbons (Fsp3) is 0.636. The molecule has 1 aliphatic carbocycles. The highest BCUT2D eigenvalue weighted by Gasteiger charge is 2.35. The molecule has 17 heavy (non-hydrogen) atoms. The van der Waals surface area contributed by atoms with Crippen molar-refractivity contribution in [1.82, 2.24) is 5.32 Å². The van der Waals surface area contributed by atoms with Gasteiger partial charge in [-0.15, -0.1) is 0 Å². The van der Waals surface area contributed by atoms with Crippen LogP contribution in [-0.4, -0.2) is 25.4 Å². The summed E-state index contributed by atoms with van der Waals surface area (Å²) in [6.07, 6.45) is 1.46. The van der Waals surface area contributed by atoms with Crippen LogP contribution in [0.15, 0.2) is 23.7 Å². The number of hydrogen-bond acceptors (Lipinski definition) is 2. The molecule has 3 atom stereocenters. The highest BCUT2D eigenvalue weighted by Crippen LogP contribution is 2.34. The molecule has 2 aliphatic rings. The Hall–Kier alpha value is -1.04.